The van der Waals surface area contributed by atoms with Crippen molar-refractivity contribution in [2.45, 2.75) is 36.9 Å². The average molecular weight is 462 g/mol. The van der Waals surface area contributed by atoms with Gasteiger partial charge in [0.2, 0.25) is 12.5 Å². The highest BCUT2D eigenvalue weighted by Crippen LogP contribution is 2.52. The molecule has 4 atom stereocenters. The van der Waals surface area contributed by atoms with Crippen LogP contribution in [0.4, 0.5) is 0 Å². The highest BCUT2D eigenvalue weighted by molar-refractivity contribution is 8.04. The molecule has 0 aromatic carbocycles. The van der Waals surface area contributed by atoms with Gasteiger partial charge in [0.15, 0.2) is 16.7 Å². The topological polar surface area (TPSA) is 138 Å². The van der Waals surface area contributed by atoms with Crippen LogP contribution in [0.25, 0.3) is 11.3 Å². The minimum Gasteiger partial charge on any atom is -0.477 e. The largest absolute Gasteiger partial charge is 0.477 e. The lowest BCUT2D eigenvalue weighted by molar-refractivity contribution is -0.684. The van der Waals surface area contributed by atoms with E-state index in [1.807, 2.05) is 24.4 Å². The number of primary amides is 1. The van der Waals surface area contributed by atoms with Gasteiger partial charge in [0.05, 0.1) is 23.8 Å². The molecule has 0 spiro atoms. The summed E-state index contributed by atoms with van der Waals surface area (Å²) in [6.07, 6.45) is 2.64. The smallest absolute Gasteiger partial charge is 0.353 e. The van der Waals surface area contributed by atoms with Crippen molar-refractivity contribution in [3.8, 4) is 11.3 Å². The predicted molar refractivity (Wildman–Crippen MR) is 112 cm³/mol. The third-order valence-electron chi connectivity index (χ3n) is 5.52. The number of carbonyl (C=O) groups is 3. The maximum Gasteiger partial charge on any atom is 0.353 e. The molecule has 162 valence electrons. The number of carboxylic acids is 1. The quantitative estimate of drug-likeness (QED) is 0.410. The lowest BCUT2D eigenvalue weighted by Crippen LogP contribution is -2.63. The first kappa shape index (κ1) is 21.5. The Hall–Kier alpha value is -2.76. The molecule has 1 unspecified atom stereocenters. The molecule has 11 heteroatoms. The zero-order valence-electron chi connectivity index (χ0n) is 16.8. The number of aromatic nitrogens is 2. The van der Waals surface area contributed by atoms with Crippen molar-refractivity contribution in [1.82, 2.24) is 9.88 Å². The summed E-state index contributed by atoms with van der Waals surface area (Å²) < 4.78 is 2.32. The van der Waals surface area contributed by atoms with Crippen molar-refractivity contribution in [3.05, 3.63) is 40.5 Å². The van der Waals surface area contributed by atoms with Crippen LogP contribution in [0.3, 0.4) is 0 Å². The lowest BCUT2D eigenvalue weighted by Gasteiger charge is -2.46. The summed E-state index contributed by atoms with van der Waals surface area (Å²) in [5.74, 6) is -2.75. The van der Waals surface area contributed by atoms with E-state index in [1.165, 1.54) is 28.0 Å². The van der Waals surface area contributed by atoms with Crippen LogP contribution in [0.15, 0.2) is 44.8 Å². The Morgan fingerprint density at radius 3 is 2.65 bits per heavy atom. The predicted octanol–water partition coefficient (Wildman–Crippen LogP) is 0.829. The number of hydrogen-bond acceptors (Lipinski definition) is 7. The number of amides is 2. The molecule has 4 N–H and O–H groups in total. The maximum atomic E-state index is 12.4. The number of rotatable bonds is 7. The molecule has 4 heterocycles. The monoisotopic (exact) mass is 461 g/mol. The summed E-state index contributed by atoms with van der Waals surface area (Å²) >= 11 is 2.63. The van der Waals surface area contributed by atoms with Gasteiger partial charge in [-0.05, 0) is 6.92 Å². The van der Waals surface area contributed by atoms with E-state index in [-0.39, 0.29) is 30.1 Å². The van der Waals surface area contributed by atoms with Crippen LogP contribution in [0.2, 0.25) is 0 Å². The number of aliphatic carboxylic acids is 1. The van der Waals surface area contributed by atoms with Gasteiger partial charge in [0, 0.05) is 33.9 Å². The third kappa shape index (κ3) is 3.73. The average Bonchev–Trinajstić information content (AvgIpc) is 3.24. The van der Waals surface area contributed by atoms with E-state index in [9.17, 15) is 24.6 Å². The van der Waals surface area contributed by atoms with Gasteiger partial charge in [0.1, 0.15) is 5.70 Å². The number of pyridine rings is 1. The molecule has 31 heavy (non-hydrogen) atoms. The van der Waals surface area contributed by atoms with Crippen LogP contribution in [0.1, 0.15) is 13.8 Å². The highest BCUT2D eigenvalue weighted by Gasteiger charge is 2.60. The van der Waals surface area contributed by atoms with Crippen LogP contribution < -0.4 is 10.3 Å². The Morgan fingerprint density at radius 1 is 1.39 bits per heavy atom. The van der Waals surface area contributed by atoms with Gasteiger partial charge >= 0.3 is 5.97 Å². The van der Waals surface area contributed by atoms with Gasteiger partial charge in [-0.2, -0.15) is 4.57 Å². The summed E-state index contributed by atoms with van der Waals surface area (Å²) in [5, 5.41) is 21.6. The minimum atomic E-state index is -1.16. The second kappa shape index (κ2) is 8.06. The molecule has 2 aliphatic heterocycles. The van der Waals surface area contributed by atoms with Crippen molar-refractivity contribution in [1.29, 1.82) is 0 Å². The number of aliphatic hydroxyl groups is 1. The number of carbonyl (C=O) groups excluding carboxylic acids is 2. The Balaban J connectivity index is 1.57. The molecular formula is C20H21N4O5S2+. The number of thioether (sulfide) groups is 1. The number of thiazole rings is 1. The Bertz CT molecular complexity index is 1100. The number of aliphatic hydroxyl groups excluding tert-OH is 1. The fourth-order valence-electron chi connectivity index (χ4n) is 4.10. The van der Waals surface area contributed by atoms with Crippen molar-refractivity contribution in [2.75, 3.05) is 0 Å². The van der Waals surface area contributed by atoms with Gasteiger partial charge in [-0.1, -0.05) is 18.7 Å². The first-order valence-electron chi connectivity index (χ1n) is 9.58. The van der Waals surface area contributed by atoms with E-state index in [1.54, 1.807) is 23.9 Å². The molecule has 0 bridgehead atoms. The number of carboxylic acid groups (broad SMARTS) is 1. The number of nitrogens with zero attached hydrogens (tertiary/aromatic N) is 3. The van der Waals surface area contributed by atoms with Gasteiger partial charge in [-0.15, -0.1) is 11.3 Å². The molecule has 9 nitrogen and oxygen atoms in total. The Kier molecular flexibility index (Phi) is 5.58. The fraction of sp³-hybridized carbons (Fsp3) is 0.350. The maximum absolute atomic E-state index is 12.4. The zero-order valence-corrected chi connectivity index (χ0v) is 18.4. The van der Waals surface area contributed by atoms with Crippen LogP contribution in [-0.4, -0.2) is 50.0 Å². The van der Waals surface area contributed by atoms with Crippen LogP contribution in [-0.2, 0) is 20.9 Å². The van der Waals surface area contributed by atoms with Gasteiger partial charge in [-0.25, -0.2) is 9.78 Å². The van der Waals surface area contributed by atoms with Gasteiger partial charge in [-0.3, -0.25) is 9.59 Å². The van der Waals surface area contributed by atoms with Gasteiger partial charge < -0.3 is 20.8 Å². The van der Waals surface area contributed by atoms with Gasteiger partial charge in [0.25, 0.3) is 5.91 Å². The second-order valence-electron chi connectivity index (χ2n) is 7.60. The van der Waals surface area contributed by atoms with E-state index < -0.39 is 23.9 Å². The summed E-state index contributed by atoms with van der Waals surface area (Å²) in [4.78, 5) is 41.9. The molecule has 1 saturated heterocycles. The van der Waals surface area contributed by atoms with E-state index in [4.69, 9.17) is 5.73 Å². The van der Waals surface area contributed by atoms with Crippen LogP contribution in [0, 0.1) is 11.8 Å². The molecule has 2 aromatic rings. The Labute approximate surface area is 186 Å². The number of hydrogen-bond donors (Lipinski definition) is 3. The fourth-order valence-corrected chi connectivity index (χ4v) is 6.20. The van der Waals surface area contributed by atoms with Crippen molar-refractivity contribution >= 4 is 40.9 Å². The second-order valence-corrected chi connectivity index (χ2v) is 9.75. The van der Waals surface area contributed by atoms with E-state index >= 15 is 0 Å². The van der Waals surface area contributed by atoms with Crippen molar-refractivity contribution < 1.29 is 29.2 Å². The van der Waals surface area contributed by atoms with Crippen LogP contribution in [0.5, 0.6) is 0 Å². The summed E-state index contributed by atoms with van der Waals surface area (Å²) in [6, 6.07) is 3.30. The molecule has 0 aliphatic carbocycles. The minimum absolute atomic E-state index is 0.0200. The lowest BCUT2D eigenvalue weighted by atomic mass is 9.79. The molecule has 0 saturated carbocycles. The molecule has 2 amide bonds. The molecule has 2 aliphatic rings. The van der Waals surface area contributed by atoms with E-state index in [2.05, 4.69) is 4.98 Å². The van der Waals surface area contributed by atoms with E-state index in [0.29, 0.717) is 9.24 Å². The zero-order chi connectivity index (χ0) is 22.4. The van der Waals surface area contributed by atoms with Crippen molar-refractivity contribution in [3.63, 3.8) is 0 Å². The molecular weight excluding hydrogens is 440 g/mol. The normalized spacial score (nSPS) is 23.5. The van der Waals surface area contributed by atoms with Crippen molar-refractivity contribution in [2.24, 2.45) is 17.6 Å². The number of fused-ring (bicyclic) bond motifs is 1. The van der Waals surface area contributed by atoms with Crippen LogP contribution >= 0.6 is 23.1 Å². The SMILES string of the molecule is C[C@@H](O)C1C(=O)N2C(C(=O)O)=C(Sc3nc(-c4cc[n+](CC(N)=O)cc4)cs3)[C@H](C)[C@H]12. The molecule has 2 aromatic heterocycles. The molecule has 4 rings (SSSR count). The summed E-state index contributed by atoms with van der Waals surface area (Å²) in [5.41, 5.74) is 6.75. The first-order valence-corrected chi connectivity index (χ1v) is 11.3. The third-order valence-corrected chi connectivity index (χ3v) is 7.74. The Morgan fingerprint density at radius 2 is 2.06 bits per heavy atom. The molecule has 0 radical (unpaired) electrons. The standard InChI is InChI=1S/C20H20N4O5S2/c1-9-15-14(10(2)25)18(27)24(15)16(19(28)29)17(9)31-20-22-12(8-30-20)11-3-5-23(6-4-11)7-13(21)26/h3-6,8-10,14-15,25H,7H2,1-2H3,(H2-,21,26,28,29)/p+1/t9-,10-,14?,15-/m1/s1. The number of β-lactam (4-membered cyclic amide) rings is 1. The highest BCUT2D eigenvalue weighted by atomic mass is 32.2. The molecule has 1 fully saturated rings. The number of nitrogens with two attached hydrogens (primary N) is 1. The summed E-state index contributed by atoms with van der Waals surface area (Å²) in [7, 11) is 0. The summed E-state index contributed by atoms with van der Waals surface area (Å²) in [6.45, 7) is 3.52. The van der Waals surface area contributed by atoms with E-state index in [0.717, 1.165) is 11.3 Å². The first-order chi connectivity index (χ1) is 14.7.